The van der Waals surface area contributed by atoms with Gasteiger partial charge in [0, 0.05) is 17.0 Å². The highest BCUT2D eigenvalue weighted by Gasteiger charge is 2.11. The van der Waals surface area contributed by atoms with Crippen molar-refractivity contribution in [2.45, 2.75) is 19.9 Å². The number of phenols is 1. The van der Waals surface area contributed by atoms with Crippen molar-refractivity contribution in [2.24, 2.45) is 0 Å². The quantitative estimate of drug-likeness (QED) is 0.891. The summed E-state index contributed by atoms with van der Waals surface area (Å²) in [5.41, 5.74) is 0.448. The molecule has 100 valence electrons. The first-order valence-electron chi connectivity index (χ1n) is 6.13. The fourth-order valence-electron chi connectivity index (χ4n) is 1.92. The molecule has 0 atom stereocenters. The van der Waals surface area contributed by atoms with Crippen LogP contribution in [0.25, 0.3) is 10.8 Å². The number of methoxy groups -OCH3 is 1. The minimum atomic E-state index is -0.192. The number of amides is 1. The maximum Gasteiger partial charge on any atom is 0.251 e. The molecule has 2 aromatic rings. The topological polar surface area (TPSA) is 58.6 Å². The minimum Gasteiger partial charge on any atom is -0.507 e. The average Bonchev–Trinajstić information content (AvgIpc) is 2.37. The molecule has 1 amide bonds. The van der Waals surface area contributed by atoms with Crippen molar-refractivity contribution in [2.75, 3.05) is 7.11 Å². The predicted octanol–water partition coefficient (Wildman–Crippen LogP) is 2.69. The van der Waals surface area contributed by atoms with E-state index in [1.807, 2.05) is 19.9 Å². The van der Waals surface area contributed by atoms with E-state index in [9.17, 15) is 9.90 Å². The molecule has 2 rings (SSSR count). The lowest BCUT2D eigenvalue weighted by atomic mass is 10.0. The van der Waals surface area contributed by atoms with Gasteiger partial charge in [-0.1, -0.05) is 6.07 Å². The van der Waals surface area contributed by atoms with Crippen LogP contribution in [0.2, 0.25) is 0 Å². The van der Waals surface area contributed by atoms with E-state index in [1.165, 1.54) is 6.07 Å². The van der Waals surface area contributed by atoms with Crippen LogP contribution in [-0.4, -0.2) is 24.2 Å². The third-order valence-electron chi connectivity index (χ3n) is 2.82. The fraction of sp³-hybridized carbons (Fsp3) is 0.267. The summed E-state index contributed by atoms with van der Waals surface area (Å²) in [6.45, 7) is 3.79. The number of fused-ring (bicyclic) bond motifs is 1. The van der Waals surface area contributed by atoms with E-state index < -0.39 is 0 Å². The molecule has 0 saturated carbocycles. The second kappa shape index (κ2) is 5.18. The summed E-state index contributed by atoms with van der Waals surface area (Å²) in [7, 11) is 1.57. The van der Waals surface area contributed by atoms with Crippen molar-refractivity contribution in [3.8, 4) is 11.5 Å². The van der Waals surface area contributed by atoms with E-state index in [0.717, 1.165) is 5.39 Å². The van der Waals surface area contributed by atoms with Crippen LogP contribution in [0.15, 0.2) is 30.3 Å². The highest BCUT2D eigenvalue weighted by molar-refractivity contribution is 6.01. The van der Waals surface area contributed by atoms with Gasteiger partial charge in [0.1, 0.15) is 11.5 Å². The van der Waals surface area contributed by atoms with E-state index in [-0.39, 0.29) is 17.7 Å². The van der Waals surface area contributed by atoms with Gasteiger partial charge in [-0.2, -0.15) is 0 Å². The number of carbonyl (C=O) groups excluding carboxylic acids is 1. The molecule has 2 N–H and O–H groups in total. The zero-order valence-electron chi connectivity index (χ0n) is 11.2. The van der Waals surface area contributed by atoms with Crippen LogP contribution < -0.4 is 10.1 Å². The van der Waals surface area contributed by atoms with Crippen molar-refractivity contribution in [3.63, 3.8) is 0 Å². The van der Waals surface area contributed by atoms with Crippen molar-refractivity contribution in [1.29, 1.82) is 0 Å². The van der Waals surface area contributed by atoms with E-state index in [4.69, 9.17) is 4.74 Å². The van der Waals surface area contributed by atoms with Gasteiger partial charge in [-0.3, -0.25) is 4.79 Å². The number of benzene rings is 2. The lowest BCUT2D eigenvalue weighted by molar-refractivity contribution is 0.0943. The summed E-state index contributed by atoms with van der Waals surface area (Å²) in [4.78, 5) is 11.9. The van der Waals surface area contributed by atoms with Gasteiger partial charge in [-0.15, -0.1) is 0 Å². The number of nitrogens with one attached hydrogen (secondary N) is 1. The van der Waals surface area contributed by atoms with Gasteiger partial charge in [0.25, 0.3) is 5.91 Å². The van der Waals surface area contributed by atoms with Crippen LogP contribution in [0.5, 0.6) is 11.5 Å². The van der Waals surface area contributed by atoms with Gasteiger partial charge in [-0.25, -0.2) is 0 Å². The molecular formula is C15H17NO3. The Hall–Kier alpha value is -2.23. The summed E-state index contributed by atoms with van der Waals surface area (Å²) >= 11 is 0. The maximum atomic E-state index is 11.9. The predicted molar refractivity (Wildman–Crippen MR) is 74.8 cm³/mol. The standard InChI is InChI=1S/C15H17NO3/c1-9(2)16-15(18)11-6-10-4-5-12(19-3)8-13(10)14(17)7-11/h4-9,17H,1-3H3,(H,16,18). The maximum absolute atomic E-state index is 11.9. The Morgan fingerprint density at radius 1 is 1.26 bits per heavy atom. The molecular weight excluding hydrogens is 242 g/mol. The van der Waals surface area contributed by atoms with E-state index in [2.05, 4.69) is 5.32 Å². The molecule has 0 aliphatic heterocycles. The zero-order valence-corrected chi connectivity index (χ0v) is 11.2. The van der Waals surface area contributed by atoms with Crippen molar-refractivity contribution in [3.05, 3.63) is 35.9 Å². The summed E-state index contributed by atoms with van der Waals surface area (Å²) in [5.74, 6) is 0.551. The molecule has 0 heterocycles. The number of hydrogen-bond donors (Lipinski definition) is 2. The van der Waals surface area contributed by atoms with Crippen LogP contribution in [0, 0.1) is 0 Å². The first kappa shape index (κ1) is 13.2. The van der Waals surface area contributed by atoms with Gasteiger partial charge in [-0.05, 0) is 43.5 Å². The van der Waals surface area contributed by atoms with Crippen molar-refractivity contribution >= 4 is 16.7 Å². The SMILES string of the molecule is COc1ccc2cc(C(=O)NC(C)C)cc(O)c2c1. The van der Waals surface area contributed by atoms with Crippen LogP contribution >= 0.6 is 0 Å². The first-order valence-corrected chi connectivity index (χ1v) is 6.13. The average molecular weight is 259 g/mol. The number of rotatable bonds is 3. The van der Waals surface area contributed by atoms with Crippen molar-refractivity contribution < 1.29 is 14.6 Å². The summed E-state index contributed by atoms with van der Waals surface area (Å²) in [6.07, 6.45) is 0. The Kier molecular flexibility index (Phi) is 3.60. The van der Waals surface area contributed by atoms with Crippen molar-refractivity contribution in [1.82, 2.24) is 5.32 Å². The molecule has 0 fully saturated rings. The van der Waals surface area contributed by atoms with E-state index in [0.29, 0.717) is 16.7 Å². The first-order chi connectivity index (χ1) is 9.01. The normalized spacial score (nSPS) is 10.7. The third kappa shape index (κ3) is 2.78. The smallest absolute Gasteiger partial charge is 0.251 e. The lowest BCUT2D eigenvalue weighted by Crippen LogP contribution is -2.29. The highest BCUT2D eigenvalue weighted by Crippen LogP contribution is 2.29. The molecule has 0 spiro atoms. The number of ether oxygens (including phenoxy) is 1. The molecule has 0 saturated heterocycles. The molecule has 0 aromatic heterocycles. The van der Waals surface area contributed by atoms with Crippen LogP contribution in [0.4, 0.5) is 0 Å². The Labute approximate surface area is 112 Å². The molecule has 4 heteroatoms. The Morgan fingerprint density at radius 2 is 2.00 bits per heavy atom. The van der Waals surface area contributed by atoms with Gasteiger partial charge in [0.15, 0.2) is 0 Å². The molecule has 0 aliphatic carbocycles. The third-order valence-corrected chi connectivity index (χ3v) is 2.82. The molecule has 4 nitrogen and oxygen atoms in total. The van der Waals surface area contributed by atoms with E-state index >= 15 is 0 Å². The Balaban J connectivity index is 2.47. The Morgan fingerprint density at radius 3 is 2.63 bits per heavy atom. The minimum absolute atomic E-state index is 0.0567. The van der Waals surface area contributed by atoms with Gasteiger partial charge < -0.3 is 15.2 Å². The van der Waals surface area contributed by atoms with Crippen LogP contribution in [0.1, 0.15) is 24.2 Å². The molecule has 0 bridgehead atoms. The second-order valence-corrected chi connectivity index (χ2v) is 4.71. The molecule has 2 aromatic carbocycles. The molecule has 19 heavy (non-hydrogen) atoms. The lowest BCUT2D eigenvalue weighted by Gasteiger charge is -2.10. The summed E-state index contributed by atoms with van der Waals surface area (Å²) < 4.78 is 5.12. The highest BCUT2D eigenvalue weighted by atomic mass is 16.5. The van der Waals surface area contributed by atoms with Gasteiger partial charge in [0.2, 0.25) is 0 Å². The Bertz CT molecular complexity index is 620. The zero-order chi connectivity index (χ0) is 14.0. The van der Waals surface area contributed by atoms with Crippen LogP contribution in [0.3, 0.4) is 0 Å². The molecule has 0 aliphatic rings. The van der Waals surface area contributed by atoms with Gasteiger partial charge >= 0.3 is 0 Å². The molecule has 0 unspecified atom stereocenters. The number of carbonyl (C=O) groups is 1. The summed E-state index contributed by atoms with van der Waals surface area (Å²) in [5, 5.41) is 14.3. The summed E-state index contributed by atoms with van der Waals surface area (Å²) in [6, 6.07) is 8.65. The van der Waals surface area contributed by atoms with E-state index in [1.54, 1.807) is 25.3 Å². The molecule has 0 radical (unpaired) electrons. The number of hydrogen-bond acceptors (Lipinski definition) is 3. The number of phenolic OH excluding ortho intramolecular Hbond substituents is 1. The largest absolute Gasteiger partial charge is 0.507 e. The fourth-order valence-corrected chi connectivity index (χ4v) is 1.92. The monoisotopic (exact) mass is 259 g/mol. The number of aromatic hydroxyl groups is 1. The van der Waals surface area contributed by atoms with Crippen LogP contribution in [-0.2, 0) is 0 Å². The second-order valence-electron chi connectivity index (χ2n) is 4.71. The van der Waals surface area contributed by atoms with Gasteiger partial charge in [0.05, 0.1) is 7.11 Å².